The summed E-state index contributed by atoms with van der Waals surface area (Å²) in [6.45, 7) is 0. The molecule has 108 heavy (non-hydrogen) atoms. The van der Waals surface area contributed by atoms with Crippen molar-refractivity contribution >= 4 is 86.8 Å². The Labute approximate surface area is 610 Å². The van der Waals surface area contributed by atoms with Crippen LogP contribution in [-0.4, -0.2) is 109 Å². The molecule has 2 amide bonds. The molecule has 12 aromatic rings. The van der Waals surface area contributed by atoms with Gasteiger partial charge in [-0.05, 0) is 124 Å². The van der Waals surface area contributed by atoms with Gasteiger partial charge in [0.15, 0.2) is 21.4 Å². The van der Waals surface area contributed by atoms with Gasteiger partial charge in [0.1, 0.15) is 52.3 Å². The molecule has 0 saturated carbocycles. The summed E-state index contributed by atoms with van der Waals surface area (Å²) in [4.78, 5) is 67.3. The van der Waals surface area contributed by atoms with Crippen LogP contribution in [0.15, 0.2) is 221 Å². The van der Waals surface area contributed by atoms with E-state index in [4.69, 9.17) is 14.2 Å². The number of para-hydroxylation sites is 1. The van der Waals surface area contributed by atoms with E-state index < -0.39 is 135 Å². The maximum Gasteiger partial charge on any atom is 0.328 e. The van der Waals surface area contributed by atoms with E-state index >= 15 is 17.6 Å². The molecule has 552 valence electrons. The van der Waals surface area contributed by atoms with E-state index in [1.165, 1.54) is 129 Å². The van der Waals surface area contributed by atoms with E-state index in [2.05, 4.69) is 40.0 Å². The lowest BCUT2D eigenvalue weighted by molar-refractivity contribution is -0.143. The lowest BCUT2D eigenvalue weighted by Crippen LogP contribution is -2.43. The summed E-state index contributed by atoms with van der Waals surface area (Å²) in [6, 6.07) is 36.0. The highest BCUT2D eigenvalue weighted by molar-refractivity contribution is 7.93. The smallest absolute Gasteiger partial charge is 0.328 e. The Bertz CT molecular complexity index is 5870. The minimum absolute atomic E-state index is 0.00389. The lowest BCUT2D eigenvalue weighted by atomic mass is 9.94. The third-order valence-corrected chi connectivity index (χ3v) is 20.7. The molecule has 0 radical (unpaired) electrons. The second-order valence-corrected chi connectivity index (χ2v) is 29.1. The number of carbonyl (C=O) groups is 4. The van der Waals surface area contributed by atoms with Gasteiger partial charge in [-0.3, -0.25) is 29.0 Å². The number of hydrogen-bond donors (Lipinski definition) is 4. The van der Waals surface area contributed by atoms with Crippen molar-refractivity contribution in [1.82, 2.24) is 30.6 Å². The number of carbonyl (C=O) groups excluding carboxylic acids is 4. The summed E-state index contributed by atoms with van der Waals surface area (Å²) in [7, 11) is -9.18. The SMILES string of the molecule is COC(=O)[C@H](Cc1ccc(-c2ccc(F)cc2S(C)(=O)=O)c2ncccc12)NC(=O)c1c(F)cc(NS(=O)(=O)c2ccc(-c3ccnc(F)c3)cc2)cc1F.COC(=O)[C@H](Cc1ccc(-c2cccc(F)c2OC)c2ncccc12)NC(=O)c1c(F)cc(NS(=O)(=O)c2ccc(-c3ccnc(F)c3)cc2)cc1F. The molecule has 0 unspecified atom stereocenters. The Hall–Kier alpha value is -12.6. The normalized spacial score (nSPS) is 12.1. The van der Waals surface area contributed by atoms with Crippen molar-refractivity contribution < 1.29 is 93.8 Å². The fourth-order valence-electron chi connectivity index (χ4n) is 11.7. The van der Waals surface area contributed by atoms with Crippen LogP contribution >= 0.6 is 0 Å². The number of rotatable bonds is 22. The lowest BCUT2D eigenvalue weighted by Gasteiger charge is -2.19. The van der Waals surface area contributed by atoms with Crippen LogP contribution in [0.2, 0.25) is 0 Å². The van der Waals surface area contributed by atoms with Gasteiger partial charge in [-0.1, -0.05) is 78.9 Å². The minimum atomic E-state index is -4.39. The van der Waals surface area contributed by atoms with Gasteiger partial charge in [0, 0.05) is 89.0 Å². The molecule has 2 atom stereocenters. The maximum absolute atomic E-state index is 15.4. The number of anilines is 2. The Morgan fingerprint density at radius 2 is 0.833 bits per heavy atom. The van der Waals surface area contributed by atoms with Crippen LogP contribution in [0.4, 0.5) is 46.5 Å². The molecule has 12 rings (SSSR count). The third-order valence-electron chi connectivity index (χ3n) is 16.7. The highest BCUT2D eigenvalue weighted by Gasteiger charge is 2.32. The maximum atomic E-state index is 15.4. The van der Waals surface area contributed by atoms with Crippen molar-refractivity contribution in [3.8, 4) is 50.3 Å². The molecule has 4 heterocycles. The van der Waals surface area contributed by atoms with E-state index in [9.17, 15) is 62.0 Å². The van der Waals surface area contributed by atoms with E-state index in [1.54, 1.807) is 42.5 Å². The molecule has 32 heteroatoms. The standard InChI is InChI=1S/C38H28F4N4O7S2.C38H28F4N4O6S/c1-53-38(48)32(16-23-7-11-29(36-27(23)4-3-14-44-36)28-12-8-24(39)18-33(28)54(2,49)50)45-37(47)35-30(40)19-25(20-31(35)41)46-55(51,52)26-9-5-21(6-10-26)22-13-15-43-34(42)17-22;1-51-36-28(5-3-7-29(36)39)27-13-10-23(26-6-4-15-44-35(26)27)17-32(38(48)52-2)45-37(47)34-30(40)19-24(20-31(34)41)46-53(49,50)25-11-8-21(9-12-25)22-14-16-43-33(42)18-22/h3-15,17-20,32,46H,16H2,1-2H3,(H,45,47);3-16,18-20,32,46H,17H2,1-2H3,(H,45,47)/t2*32-/m00/s1. The predicted molar refractivity (Wildman–Crippen MR) is 381 cm³/mol. The number of methoxy groups -OCH3 is 3. The number of ether oxygens (including phenoxy) is 3. The molecular formula is C76H56F8N8O13S3. The summed E-state index contributed by atoms with van der Waals surface area (Å²) < 4.78 is 213. The number of pyridine rings is 4. The number of hydrogen-bond acceptors (Lipinski definition) is 17. The number of sulfone groups is 1. The molecule has 0 aliphatic heterocycles. The third kappa shape index (κ3) is 17.0. The predicted octanol–water partition coefficient (Wildman–Crippen LogP) is 13.1. The number of fused-ring (bicyclic) bond motifs is 2. The highest BCUT2D eigenvalue weighted by atomic mass is 32.2. The second kappa shape index (κ2) is 32.0. The van der Waals surface area contributed by atoms with E-state index in [0.717, 1.165) is 38.7 Å². The van der Waals surface area contributed by atoms with Gasteiger partial charge in [0.25, 0.3) is 31.9 Å². The van der Waals surface area contributed by atoms with Crippen LogP contribution in [-0.2, 0) is 61.8 Å². The molecule has 8 aromatic carbocycles. The number of nitrogens with zero attached hydrogens (tertiary/aromatic N) is 4. The van der Waals surface area contributed by atoms with Crippen LogP contribution in [0.25, 0.3) is 66.3 Å². The summed E-state index contributed by atoms with van der Waals surface area (Å²) in [5, 5.41) is 5.55. The summed E-state index contributed by atoms with van der Waals surface area (Å²) in [5.41, 5.74) is 1.67. The van der Waals surface area contributed by atoms with Crippen LogP contribution in [0, 0.1) is 46.8 Å². The molecule has 0 aliphatic rings. The van der Waals surface area contributed by atoms with Crippen LogP contribution in [0.5, 0.6) is 5.75 Å². The van der Waals surface area contributed by atoms with Gasteiger partial charge in [-0.15, -0.1) is 0 Å². The van der Waals surface area contributed by atoms with Crippen molar-refractivity contribution in [1.29, 1.82) is 0 Å². The first-order chi connectivity index (χ1) is 51.4. The Morgan fingerprint density at radius 1 is 0.417 bits per heavy atom. The number of nitrogens with one attached hydrogen (secondary N) is 4. The number of benzene rings is 8. The summed E-state index contributed by atoms with van der Waals surface area (Å²) in [6.07, 6.45) is 5.93. The molecule has 0 bridgehead atoms. The molecule has 4 N–H and O–H groups in total. The Kier molecular flexibility index (Phi) is 22.7. The number of sulfonamides is 2. The zero-order valence-electron chi connectivity index (χ0n) is 56.5. The van der Waals surface area contributed by atoms with Crippen LogP contribution in [0.1, 0.15) is 31.8 Å². The summed E-state index contributed by atoms with van der Waals surface area (Å²) in [5.74, 6) is -13.1. The Morgan fingerprint density at radius 3 is 1.23 bits per heavy atom. The van der Waals surface area contributed by atoms with E-state index in [1.807, 2.05) is 0 Å². The molecule has 0 saturated heterocycles. The first kappa shape index (κ1) is 76.6. The van der Waals surface area contributed by atoms with Crippen molar-refractivity contribution in [2.24, 2.45) is 0 Å². The topological polar surface area (TPSA) is 298 Å². The largest absolute Gasteiger partial charge is 0.493 e. The average Bonchev–Trinajstić information content (AvgIpc) is 0.772. The Balaban J connectivity index is 0.000000215. The van der Waals surface area contributed by atoms with Crippen LogP contribution < -0.4 is 24.8 Å². The summed E-state index contributed by atoms with van der Waals surface area (Å²) >= 11 is 0. The van der Waals surface area contributed by atoms with Crippen molar-refractivity contribution in [2.75, 3.05) is 37.0 Å². The van der Waals surface area contributed by atoms with E-state index in [0.29, 0.717) is 90.6 Å². The minimum Gasteiger partial charge on any atom is -0.493 e. The van der Waals surface area contributed by atoms with Crippen molar-refractivity contribution in [3.63, 3.8) is 0 Å². The van der Waals surface area contributed by atoms with Gasteiger partial charge < -0.3 is 24.8 Å². The van der Waals surface area contributed by atoms with Crippen LogP contribution in [0.3, 0.4) is 0 Å². The molecule has 4 aromatic heterocycles. The highest BCUT2D eigenvalue weighted by Crippen LogP contribution is 2.39. The molecule has 0 fully saturated rings. The zero-order chi connectivity index (χ0) is 77.5. The van der Waals surface area contributed by atoms with Gasteiger partial charge in [0.05, 0.1) is 58.4 Å². The second-order valence-electron chi connectivity index (χ2n) is 23.7. The molecule has 0 spiro atoms. The van der Waals surface area contributed by atoms with Gasteiger partial charge in [-0.2, -0.15) is 8.78 Å². The first-order valence-corrected chi connectivity index (χ1v) is 36.6. The molecular weight excluding hydrogens is 1480 g/mol. The number of esters is 2. The fraction of sp³-hybridized carbons (Fsp3) is 0.105. The molecule has 21 nitrogen and oxygen atoms in total. The van der Waals surface area contributed by atoms with Gasteiger partial charge in [0.2, 0.25) is 11.9 Å². The molecule has 0 aliphatic carbocycles. The number of aromatic nitrogens is 4. The zero-order valence-corrected chi connectivity index (χ0v) is 59.0. The first-order valence-electron chi connectivity index (χ1n) is 31.8. The number of amides is 2. The quantitative estimate of drug-likeness (QED) is 0.0278. The van der Waals surface area contributed by atoms with Gasteiger partial charge >= 0.3 is 11.9 Å². The van der Waals surface area contributed by atoms with E-state index in [-0.39, 0.29) is 44.4 Å². The average molecular weight is 1540 g/mol. The van der Waals surface area contributed by atoms with Crippen molar-refractivity contribution in [2.45, 2.75) is 39.6 Å². The monoisotopic (exact) mass is 1540 g/mol. The number of halogens is 8. The van der Waals surface area contributed by atoms with Crippen molar-refractivity contribution in [3.05, 3.63) is 276 Å². The fourth-order valence-corrected chi connectivity index (χ4v) is 14.7. The van der Waals surface area contributed by atoms with Gasteiger partial charge in [-0.25, -0.2) is 71.2 Å².